The molecule has 0 atom stereocenters. The summed E-state index contributed by atoms with van der Waals surface area (Å²) in [6.07, 6.45) is 1.96. The molecule has 0 amide bonds. The van der Waals surface area contributed by atoms with Gasteiger partial charge in [0.2, 0.25) is 0 Å². The monoisotopic (exact) mass is 201 g/mol. The van der Waals surface area contributed by atoms with E-state index in [2.05, 4.69) is 18.9 Å². The third-order valence-corrected chi connectivity index (χ3v) is 2.34. The van der Waals surface area contributed by atoms with Crippen LogP contribution >= 0.6 is 0 Å². The number of nitrogen functional groups attached to an aromatic ring is 1. The predicted molar refractivity (Wildman–Crippen MR) is 62.1 cm³/mol. The van der Waals surface area contributed by atoms with Crippen LogP contribution in [0, 0.1) is 0 Å². The molecule has 2 N–H and O–H groups in total. The van der Waals surface area contributed by atoms with Crippen LogP contribution in [0.5, 0.6) is 0 Å². The number of hydrogen-bond acceptors (Lipinski definition) is 2. The van der Waals surface area contributed by atoms with Gasteiger partial charge < -0.3 is 5.73 Å². The van der Waals surface area contributed by atoms with Gasteiger partial charge >= 0.3 is 0 Å². The van der Waals surface area contributed by atoms with Gasteiger partial charge in [-0.1, -0.05) is 19.9 Å². The SMILES string of the molecule is CC(C)c1ccn(-c2cccc(N)c2)n1. The van der Waals surface area contributed by atoms with E-state index >= 15 is 0 Å². The molecule has 3 heteroatoms. The van der Waals surface area contributed by atoms with Crippen molar-refractivity contribution in [3.8, 4) is 5.69 Å². The number of nitrogens with two attached hydrogens (primary N) is 1. The minimum atomic E-state index is 0.451. The molecule has 0 fully saturated rings. The molecule has 0 unspecified atom stereocenters. The Morgan fingerprint density at radius 1 is 1.27 bits per heavy atom. The summed E-state index contributed by atoms with van der Waals surface area (Å²) >= 11 is 0. The van der Waals surface area contributed by atoms with Crippen molar-refractivity contribution >= 4 is 5.69 Å². The maximum atomic E-state index is 5.72. The van der Waals surface area contributed by atoms with E-state index in [-0.39, 0.29) is 0 Å². The largest absolute Gasteiger partial charge is 0.399 e. The second-order valence-electron chi connectivity index (χ2n) is 3.93. The van der Waals surface area contributed by atoms with Crippen molar-refractivity contribution in [2.45, 2.75) is 19.8 Å². The van der Waals surface area contributed by atoms with Crippen molar-refractivity contribution in [1.29, 1.82) is 0 Å². The lowest BCUT2D eigenvalue weighted by molar-refractivity contribution is 0.768. The van der Waals surface area contributed by atoms with Crippen LogP contribution in [-0.2, 0) is 0 Å². The molecule has 3 nitrogen and oxygen atoms in total. The topological polar surface area (TPSA) is 43.8 Å². The van der Waals surface area contributed by atoms with Crippen LogP contribution in [0.25, 0.3) is 5.69 Å². The Morgan fingerprint density at radius 3 is 2.67 bits per heavy atom. The first-order chi connectivity index (χ1) is 7.16. The van der Waals surface area contributed by atoms with Crippen molar-refractivity contribution in [3.05, 3.63) is 42.2 Å². The van der Waals surface area contributed by atoms with Gasteiger partial charge in [0, 0.05) is 11.9 Å². The Labute approximate surface area is 89.5 Å². The Hall–Kier alpha value is -1.77. The molecule has 1 aromatic heterocycles. The van der Waals surface area contributed by atoms with Crippen molar-refractivity contribution in [2.24, 2.45) is 0 Å². The van der Waals surface area contributed by atoms with Crippen molar-refractivity contribution in [2.75, 3.05) is 5.73 Å². The van der Waals surface area contributed by atoms with Crippen LogP contribution in [0.4, 0.5) is 5.69 Å². The van der Waals surface area contributed by atoms with Crippen molar-refractivity contribution in [1.82, 2.24) is 9.78 Å². The molecule has 0 bridgehead atoms. The summed E-state index contributed by atoms with van der Waals surface area (Å²) in [4.78, 5) is 0. The zero-order valence-electron chi connectivity index (χ0n) is 9.01. The highest BCUT2D eigenvalue weighted by atomic mass is 15.3. The van der Waals surface area contributed by atoms with Gasteiger partial charge in [0.15, 0.2) is 0 Å². The summed E-state index contributed by atoms with van der Waals surface area (Å²) in [5.74, 6) is 0.451. The van der Waals surface area contributed by atoms with E-state index < -0.39 is 0 Å². The fourth-order valence-corrected chi connectivity index (χ4v) is 1.46. The highest BCUT2D eigenvalue weighted by Crippen LogP contribution is 2.15. The molecule has 0 spiro atoms. The Bertz CT molecular complexity index is 457. The lowest BCUT2D eigenvalue weighted by atomic mass is 10.1. The first-order valence-corrected chi connectivity index (χ1v) is 5.08. The van der Waals surface area contributed by atoms with Gasteiger partial charge in [0.05, 0.1) is 11.4 Å². The normalized spacial score (nSPS) is 10.9. The van der Waals surface area contributed by atoms with Gasteiger partial charge in [-0.15, -0.1) is 0 Å². The number of nitrogens with zero attached hydrogens (tertiary/aromatic N) is 2. The van der Waals surface area contributed by atoms with Crippen LogP contribution in [-0.4, -0.2) is 9.78 Å². The van der Waals surface area contributed by atoms with E-state index in [9.17, 15) is 0 Å². The third-order valence-electron chi connectivity index (χ3n) is 2.34. The molecule has 78 valence electrons. The molecule has 15 heavy (non-hydrogen) atoms. The third kappa shape index (κ3) is 2.01. The van der Waals surface area contributed by atoms with Crippen molar-refractivity contribution in [3.63, 3.8) is 0 Å². The molecule has 1 heterocycles. The minimum Gasteiger partial charge on any atom is -0.399 e. The van der Waals surface area contributed by atoms with Crippen LogP contribution in [0.2, 0.25) is 0 Å². The molecule has 2 aromatic rings. The Kier molecular flexibility index (Phi) is 2.46. The van der Waals surface area contributed by atoms with Gasteiger partial charge in [-0.25, -0.2) is 4.68 Å². The summed E-state index contributed by atoms with van der Waals surface area (Å²) in [5.41, 5.74) is 8.58. The molecule has 0 aliphatic rings. The molecular weight excluding hydrogens is 186 g/mol. The van der Waals surface area contributed by atoms with E-state index in [4.69, 9.17) is 5.73 Å². The number of aromatic nitrogens is 2. The number of anilines is 1. The first-order valence-electron chi connectivity index (χ1n) is 5.08. The van der Waals surface area contributed by atoms with Gasteiger partial charge in [-0.2, -0.15) is 5.10 Å². The molecule has 0 aliphatic heterocycles. The minimum absolute atomic E-state index is 0.451. The van der Waals surface area contributed by atoms with Gasteiger partial charge in [-0.3, -0.25) is 0 Å². The molecule has 0 radical (unpaired) electrons. The van der Waals surface area contributed by atoms with E-state index in [0.29, 0.717) is 5.92 Å². The summed E-state index contributed by atoms with van der Waals surface area (Å²) < 4.78 is 1.85. The summed E-state index contributed by atoms with van der Waals surface area (Å²) in [6, 6.07) is 9.75. The maximum absolute atomic E-state index is 5.72. The molecule has 0 saturated carbocycles. The smallest absolute Gasteiger partial charge is 0.0666 e. The average Bonchev–Trinajstić information content (AvgIpc) is 2.66. The summed E-state index contributed by atoms with van der Waals surface area (Å²) in [7, 11) is 0. The zero-order chi connectivity index (χ0) is 10.8. The second kappa shape index (κ2) is 3.77. The molecule has 0 saturated heterocycles. The van der Waals surface area contributed by atoms with Crippen LogP contribution in [0.15, 0.2) is 36.5 Å². The lowest BCUT2D eigenvalue weighted by Gasteiger charge is -2.02. The highest BCUT2D eigenvalue weighted by Gasteiger charge is 2.04. The molecular formula is C12H15N3. The van der Waals surface area contributed by atoms with Crippen LogP contribution in [0.3, 0.4) is 0 Å². The van der Waals surface area contributed by atoms with E-state index in [1.807, 2.05) is 41.2 Å². The summed E-state index contributed by atoms with van der Waals surface area (Å²) in [5, 5.41) is 4.48. The average molecular weight is 201 g/mol. The predicted octanol–water partition coefficient (Wildman–Crippen LogP) is 2.58. The van der Waals surface area contributed by atoms with E-state index in [0.717, 1.165) is 17.1 Å². The van der Waals surface area contributed by atoms with Crippen LogP contribution < -0.4 is 5.73 Å². The zero-order valence-corrected chi connectivity index (χ0v) is 9.01. The highest BCUT2D eigenvalue weighted by molar-refractivity contribution is 5.47. The Balaban J connectivity index is 2.37. The fraction of sp³-hybridized carbons (Fsp3) is 0.250. The van der Waals surface area contributed by atoms with Crippen LogP contribution in [0.1, 0.15) is 25.5 Å². The number of rotatable bonds is 2. The molecule has 0 aliphatic carbocycles. The molecule has 1 aromatic carbocycles. The number of hydrogen-bond donors (Lipinski definition) is 1. The van der Waals surface area contributed by atoms with Gasteiger partial charge in [0.1, 0.15) is 0 Å². The number of benzene rings is 1. The molecule has 2 rings (SSSR count). The lowest BCUT2D eigenvalue weighted by Crippen LogP contribution is -1.98. The first kappa shape index (κ1) is 9.77. The van der Waals surface area contributed by atoms with Gasteiger partial charge in [-0.05, 0) is 30.2 Å². The van der Waals surface area contributed by atoms with E-state index in [1.54, 1.807) is 0 Å². The van der Waals surface area contributed by atoms with Gasteiger partial charge in [0.25, 0.3) is 0 Å². The fourth-order valence-electron chi connectivity index (χ4n) is 1.46. The quantitative estimate of drug-likeness (QED) is 0.759. The standard InChI is InChI=1S/C12H15N3/c1-9(2)12-6-7-15(14-12)11-5-3-4-10(13)8-11/h3-9H,13H2,1-2H3. The maximum Gasteiger partial charge on any atom is 0.0666 e. The summed E-state index contributed by atoms with van der Waals surface area (Å²) in [6.45, 7) is 4.26. The van der Waals surface area contributed by atoms with E-state index in [1.165, 1.54) is 0 Å². The Morgan fingerprint density at radius 2 is 2.07 bits per heavy atom. The second-order valence-corrected chi connectivity index (χ2v) is 3.93. The van der Waals surface area contributed by atoms with Crippen molar-refractivity contribution < 1.29 is 0 Å².